The van der Waals surface area contributed by atoms with E-state index in [0.717, 1.165) is 24.7 Å². The maximum Gasteiger partial charge on any atom is 0.253 e. The van der Waals surface area contributed by atoms with Gasteiger partial charge in [-0.3, -0.25) is 9.69 Å². The molecule has 3 rings (SSSR count). The number of hydrogen-bond acceptors (Lipinski definition) is 3. The molecule has 0 radical (unpaired) electrons. The van der Waals surface area contributed by atoms with Crippen molar-refractivity contribution in [2.45, 2.75) is 32.2 Å². The van der Waals surface area contributed by atoms with Gasteiger partial charge in [0.1, 0.15) is 6.61 Å². The molecule has 1 saturated heterocycles. The lowest BCUT2D eigenvalue weighted by atomic mass is 9.89. The van der Waals surface area contributed by atoms with E-state index >= 15 is 0 Å². The second-order valence-corrected chi connectivity index (χ2v) is 7.79. The molecule has 1 amide bonds. The second-order valence-electron chi connectivity index (χ2n) is 7.79. The van der Waals surface area contributed by atoms with Gasteiger partial charge in [0.25, 0.3) is 5.91 Å². The molecule has 2 aromatic carbocycles. The molecule has 1 atom stereocenters. The van der Waals surface area contributed by atoms with Crippen LogP contribution in [0.4, 0.5) is 5.69 Å². The van der Waals surface area contributed by atoms with E-state index in [-0.39, 0.29) is 12.5 Å². The zero-order valence-electron chi connectivity index (χ0n) is 17.1. The summed E-state index contributed by atoms with van der Waals surface area (Å²) in [6.07, 6.45) is 3.61. The molecule has 0 aliphatic carbocycles. The minimum Gasteiger partial charge on any atom is -0.375 e. The zero-order chi connectivity index (χ0) is 19.8. The molecule has 150 valence electrons. The van der Waals surface area contributed by atoms with Crippen molar-refractivity contribution in [3.63, 3.8) is 0 Å². The van der Waals surface area contributed by atoms with Gasteiger partial charge in [-0.1, -0.05) is 48.5 Å². The number of carbonyl (C=O) groups excluding carboxylic acids is 1. The predicted octanol–water partition coefficient (Wildman–Crippen LogP) is 4.01. The summed E-state index contributed by atoms with van der Waals surface area (Å²) in [5.74, 6) is 0.769. The number of methoxy groups -OCH3 is 1. The highest BCUT2D eigenvalue weighted by Crippen LogP contribution is 2.24. The fraction of sp³-hybridized carbons (Fsp3) is 0.458. The van der Waals surface area contributed by atoms with Gasteiger partial charge in [-0.2, -0.15) is 0 Å². The highest BCUT2D eigenvalue weighted by molar-refractivity contribution is 5.94. The van der Waals surface area contributed by atoms with Crippen LogP contribution in [0.15, 0.2) is 60.7 Å². The fourth-order valence-corrected chi connectivity index (χ4v) is 4.09. The number of amides is 1. The lowest BCUT2D eigenvalue weighted by molar-refractivity contribution is -0.122. The molecule has 0 aromatic heterocycles. The van der Waals surface area contributed by atoms with Gasteiger partial charge in [0.2, 0.25) is 0 Å². The van der Waals surface area contributed by atoms with Crippen LogP contribution in [0, 0.1) is 5.92 Å². The van der Waals surface area contributed by atoms with Gasteiger partial charge in [0, 0.05) is 25.4 Å². The molecule has 0 N–H and O–H groups in total. The summed E-state index contributed by atoms with van der Waals surface area (Å²) in [5.41, 5.74) is 2.38. The van der Waals surface area contributed by atoms with Crippen molar-refractivity contribution >= 4 is 11.6 Å². The number of piperidine rings is 1. The molecule has 0 bridgehead atoms. The quantitative estimate of drug-likeness (QED) is 0.694. The summed E-state index contributed by atoms with van der Waals surface area (Å²) >= 11 is 0. The summed E-state index contributed by atoms with van der Waals surface area (Å²) in [6, 6.07) is 21.0. The maximum atomic E-state index is 12.6. The van der Waals surface area contributed by atoms with Gasteiger partial charge < -0.3 is 9.64 Å². The van der Waals surface area contributed by atoms with Crippen LogP contribution in [0.25, 0.3) is 0 Å². The standard InChI is InChI=1S/C24H32N2O2/c1-20(18-26(24(27)19-28-2)23-11-7-4-8-12-23)25-15-13-22(14-16-25)17-21-9-5-3-6-10-21/h3-12,20,22H,13-19H2,1-2H3. The van der Waals surface area contributed by atoms with Gasteiger partial charge in [0.05, 0.1) is 0 Å². The molecule has 1 aliphatic heterocycles. The number of para-hydroxylation sites is 1. The van der Waals surface area contributed by atoms with E-state index in [2.05, 4.69) is 42.2 Å². The molecule has 0 spiro atoms. The number of benzene rings is 2. The lowest BCUT2D eigenvalue weighted by Crippen LogP contribution is -2.48. The summed E-state index contributed by atoms with van der Waals surface area (Å²) in [5, 5.41) is 0. The number of carbonyl (C=O) groups is 1. The molecule has 4 heteroatoms. The minimum absolute atomic E-state index is 0.0134. The molecule has 1 unspecified atom stereocenters. The lowest BCUT2D eigenvalue weighted by Gasteiger charge is -2.38. The SMILES string of the molecule is COCC(=O)N(CC(C)N1CCC(Cc2ccccc2)CC1)c1ccccc1. The van der Waals surface area contributed by atoms with Crippen molar-refractivity contribution < 1.29 is 9.53 Å². The number of anilines is 1. The van der Waals surface area contributed by atoms with E-state index in [1.54, 1.807) is 7.11 Å². The number of rotatable bonds is 8. The number of ether oxygens (including phenoxy) is 1. The smallest absolute Gasteiger partial charge is 0.253 e. The van der Waals surface area contributed by atoms with Crippen LogP contribution < -0.4 is 4.90 Å². The third-order valence-corrected chi connectivity index (χ3v) is 5.72. The fourth-order valence-electron chi connectivity index (χ4n) is 4.09. The summed E-state index contributed by atoms with van der Waals surface area (Å²) in [4.78, 5) is 17.0. The van der Waals surface area contributed by atoms with Crippen LogP contribution in [0.2, 0.25) is 0 Å². The van der Waals surface area contributed by atoms with E-state index in [1.807, 2.05) is 35.2 Å². The summed E-state index contributed by atoms with van der Waals surface area (Å²) in [7, 11) is 1.57. The van der Waals surface area contributed by atoms with E-state index in [1.165, 1.54) is 24.8 Å². The van der Waals surface area contributed by atoms with Gasteiger partial charge in [-0.05, 0) is 62.9 Å². The van der Waals surface area contributed by atoms with Gasteiger partial charge in [-0.25, -0.2) is 0 Å². The average Bonchev–Trinajstić information content (AvgIpc) is 2.74. The van der Waals surface area contributed by atoms with Gasteiger partial charge >= 0.3 is 0 Å². The molecular weight excluding hydrogens is 348 g/mol. The van der Waals surface area contributed by atoms with E-state index in [0.29, 0.717) is 12.6 Å². The highest BCUT2D eigenvalue weighted by Gasteiger charge is 2.26. The monoisotopic (exact) mass is 380 g/mol. The van der Waals surface area contributed by atoms with Crippen LogP contribution >= 0.6 is 0 Å². The van der Waals surface area contributed by atoms with Gasteiger partial charge in [-0.15, -0.1) is 0 Å². The Hall–Kier alpha value is -2.17. The van der Waals surface area contributed by atoms with Crippen LogP contribution in [0.5, 0.6) is 0 Å². The molecule has 0 saturated carbocycles. The van der Waals surface area contributed by atoms with Crippen molar-refractivity contribution in [1.29, 1.82) is 0 Å². The summed E-state index contributed by atoms with van der Waals surface area (Å²) in [6.45, 7) is 5.23. The van der Waals surface area contributed by atoms with Crippen molar-refractivity contribution in [3.05, 3.63) is 66.2 Å². The Morgan fingerprint density at radius 1 is 1.07 bits per heavy atom. The zero-order valence-corrected chi connectivity index (χ0v) is 17.1. The third-order valence-electron chi connectivity index (χ3n) is 5.72. The predicted molar refractivity (Wildman–Crippen MR) is 115 cm³/mol. The normalized spacial score (nSPS) is 16.6. The first-order valence-corrected chi connectivity index (χ1v) is 10.3. The Labute approximate surface area is 169 Å². The van der Waals surface area contributed by atoms with Gasteiger partial charge in [0.15, 0.2) is 0 Å². The number of likely N-dealkylation sites (tertiary alicyclic amines) is 1. The van der Waals surface area contributed by atoms with Crippen LogP contribution in [-0.4, -0.2) is 50.2 Å². The van der Waals surface area contributed by atoms with Crippen molar-refractivity contribution in [1.82, 2.24) is 4.90 Å². The van der Waals surface area contributed by atoms with Crippen molar-refractivity contribution in [2.24, 2.45) is 5.92 Å². The molecule has 28 heavy (non-hydrogen) atoms. The second kappa shape index (κ2) is 10.4. The Balaban J connectivity index is 1.55. The molecule has 1 fully saturated rings. The molecule has 4 nitrogen and oxygen atoms in total. The van der Waals surface area contributed by atoms with E-state index in [4.69, 9.17) is 4.74 Å². The van der Waals surface area contributed by atoms with Crippen molar-refractivity contribution in [2.75, 3.05) is 38.3 Å². The Kier molecular flexibility index (Phi) is 7.63. The molecule has 1 aliphatic rings. The van der Waals surface area contributed by atoms with Crippen LogP contribution in [-0.2, 0) is 16.0 Å². The Bertz CT molecular complexity index is 712. The molecular formula is C24H32N2O2. The molecule has 1 heterocycles. The van der Waals surface area contributed by atoms with E-state index in [9.17, 15) is 4.79 Å². The minimum atomic E-state index is 0.0134. The first-order chi connectivity index (χ1) is 13.7. The van der Waals surface area contributed by atoms with Crippen LogP contribution in [0.3, 0.4) is 0 Å². The largest absolute Gasteiger partial charge is 0.375 e. The Morgan fingerprint density at radius 3 is 2.29 bits per heavy atom. The first-order valence-electron chi connectivity index (χ1n) is 10.3. The molecule has 2 aromatic rings. The number of nitrogens with zero attached hydrogens (tertiary/aromatic N) is 2. The topological polar surface area (TPSA) is 32.8 Å². The first kappa shape index (κ1) is 20.6. The third kappa shape index (κ3) is 5.66. The number of hydrogen-bond donors (Lipinski definition) is 0. The highest BCUT2D eigenvalue weighted by atomic mass is 16.5. The maximum absolute atomic E-state index is 12.6. The van der Waals surface area contributed by atoms with Crippen LogP contribution in [0.1, 0.15) is 25.3 Å². The van der Waals surface area contributed by atoms with E-state index < -0.39 is 0 Å². The Morgan fingerprint density at radius 2 is 1.68 bits per heavy atom. The van der Waals surface area contributed by atoms with Crippen molar-refractivity contribution in [3.8, 4) is 0 Å². The average molecular weight is 381 g/mol. The summed E-state index contributed by atoms with van der Waals surface area (Å²) < 4.78 is 5.10.